The number of hydrogen-bond donors (Lipinski definition) is 1. The molecule has 0 saturated carbocycles. The van der Waals surface area contributed by atoms with Gasteiger partial charge in [-0.2, -0.15) is 0 Å². The van der Waals surface area contributed by atoms with Crippen LogP contribution in [-0.2, 0) is 6.54 Å². The highest BCUT2D eigenvalue weighted by Crippen LogP contribution is 2.23. The summed E-state index contributed by atoms with van der Waals surface area (Å²) >= 11 is 0. The first-order chi connectivity index (χ1) is 10.2. The normalized spacial score (nSPS) is 10.4. The topological polar surface area (TPSA) is 38.5 Å². The average molecular weight is 284 g/mol. The number of ether oxygens (including phenoxy) is 1. The Morgan fingerprint density at radius 3 is 2.43 bits per heavy atom. The molecule has 2 rings (SSSR count). The summed E-state index contributed by atoms with van der Waals surface area (Å²) in [5.74, 6) is 0.933. The fourth-order valence-electron chi connectivity index (χ4n) is 2.38. The molecule has 2 N–H and O–H groups in total. The van der Waals surface area contributed by atoms with Crippen molar-refractivity contribution in [3.8, 4) is 5.75 Å². The number of nitrogens with two attached hydrogens (primary N) is 1. The van der Waals surface area contributed by atoms with E-state index in [0.717, 1.165) is 25.3 Å². The summed E-state index contributed by atoms with van der Waals surface area (Å²) in [6.45, 7) is 4.58. The van der Waals surface area contributed by atoms with Crippen LogP contribution in [0, 0.1) is 6.92 Å². The maximum atomic E-state index is 5.68. The van der Waals surface area contributed by atoms with Gasteiger partial charge in [0.15, 0.2) is 0 Å². The lowest BCUT2D eigenvalue weighted by Gasteiger charge is -2.26. The van der Waals surface area contributed by atoms with Gasteiger partial charge in [-0.25, -0.2) is 0 Å². The van der Waals surface area contributed by atoms with Gasteiger partial charge in [0, 0.05) is 24.3 Å². The van der Waals surface area contributed by atoms with E-state index in [4.69, 9.17) is 10.5 Å². The zero-order chi connectivity index (χ0) is 15.1. The van der Waals surface area contributed by atoms with E-state index in [1.807, 2.05) is 18.2 Å². The minimum atomic E-state index is 0.703. The van der Waals surface area contributed by atoms with Crippen LogP contribution in [0.4, 0.5) is 5.69 Å². The monoisotopic (exact) mass is 284 g/mol. The van der Waals surface area contributed by atoms with Crippen molar-refractivity contribution in [1.82, 2.24) is 0 Å². The molecule has 0 aromatic heterocycles. The predicted molar refractivity (Wildman–Crippen MR) is 88.9 cm³/mol. The standard InChI is InChI=1S/C18H24N2O/c1-15-8-10-17(11-9-15)20(13-5-12-19)14-16-6-3-4-7-18(16)21-2/h3-4,6-11H,5,12-14,19H2,1-2H3. The average Bonchev–Trinajstić information content (AvgIpc) is 2.52. The third kappa shape index (κ3) is 4.23. The SMILES string of the molecule is COc1ccccc1CN(CCCN)c1ccc(C)cc1. The van der Waals surface area contributed by atoms with Gasteiger partial charge in [0.25, 0.3) is 0 Å². The first-order valence-electron chi connectivity index (χ1n) is 7.38. The predicted octanol–water partition coefficient (Wildman–Crippen LogP) is 3.36. The Labute approximate surface area is 127 Å². The van der Waals surface area contributed by atoms with E-state index in [2.05, 4.69) is 42.2 Å². The number of methoxy groups -OCH3 is 1. The number of anilines is 1. The molecule has 0 saturated heterocycles. The lowest BCUT2D eigenvalue weighted by Crippen LogP contribution is -2.25. The van der Waals surface area contributed by atoms with Crippen LogP contribution in [0.1, 0.15) is 17.5 Å². The molecule has 3 heteroatoms. The number of aryl methyl sites for hydroxylation is 1. The Kier molecular flexibility index (Phi) is 5.64. The van der Waals surface area contributed by atoms with E-state index in [-0.39, 0.29) is 0 Å². The lowest BCUT2D eigenvalue weighted by atomic mass is 10.1. The zero-order valence-electron chi connectivity index (χ0n) is 12.9. The summed E-state index contributed by atoms with van der Waals surface area (Å²) in [6.07, 6.45) is 0.975. The van der Waals surface area contributed by atoms with Gasteiger partial charge in [0.05, 0.1) is 7.11 Å². The summed E-state index contributed by atoms with van der Waals surface area (Å²) in [5.41, 5.74) is 9.36. The Morgan fingerprint density at radius 2 is 1.76 bits per heavy atom. The summed E-state index contributed by atoms with van der Waals surface area (Å²) in [5, 5.41) is 0. The molecule has 0 fully saturated rings. The molecule has 0 aliphatic carbocycles. The molecular formula is C18H24N2O. The van der Waals surface area contributed by atoms with Gasteiger partial charge in [0.2, 0.25) is 0 Å². The quantitative estimate of drug-likeness (QED) is 0.847. The van der Waals surface area contributed by atoms with Crippen LogP contribution < -0.4 is 15.4 Å². The van der Waals surface area contributed by atoms with Gasteiger partial charge >= 0.3 is 0 Å². The summed E-state index contributed by atoms with van der Waals surface area (Å²) < 4.78 is 5.45. The number of para-hydroxylation sites is 1. The molecule has 2 aromatic rings. The van der Waals surface area contributed by atoms with Gasteiger partial charge in [-0.1, -0.05) is 35.9 Å². The van der Waals surface area contributed by atoms with Gasteiger partial charge in [0.1, 0.15) is 5.75 Å². The number of nitrogens with zero attached hydrogens (tertiary/aromatic N) is 1. The van der Waals surface area contributed by atoms with E-state index in [9.17, 15) is 0 Å². The van der Waals surface area contributed by atoms with Gasteiger partial charge in [-0.3, -0.25) is 0 Å². The van der Waals surface area contributed by atoms with Crippen LogP contribution in [-0.4, -0.2) is 20.2 Å². The number of hydrogen-bond acceptors (Lipinski definition) is 3. The molecule has 2 aromatic carbocycles. The van der Waals surface area contributed by atoms with Crippen molar-refractivity contribution >= 4 is 5.69 Å². The Bertz CT molecular complexity index is 551. The molecule has 21 heavy (non-hydrogen) atoms. The van der Waals surface area contributed by atoms with Gasteiger partial charge < -0.3 is 15.4 Å². The van der Waals surface area contributed by atoms with Crippen LogP contribution in [0.3, 0.4) is 0 Å². The molecule has 0 spiro atoms. The van der Waals surface area contributed by atoms with E-state index in [1.54, 1.807) is 7.11 Å². The van der Waals surface area contributed by atoms with E-state index in [0.29, 0.717) is 6.54 Å². The minimum absolute atomic E-state index is 0.703. The van der Waals surface area contributed by atoms with E-state index >= 15 is 0 Å². The lowest BCUT2D eigenvalue weighted by molar-refractivity contribution is 0.409. The fraction of sp³-hybridized carbons (Fsp3) is 0.333. The first-order valence-corrected chi connectivity index (χ1v) is 7.38. The third-order valence-electron chi connectivity index (χ3n) is 3.59. The molecule has 0 radical (unpaired) electrons. The molecule has 0 unspecified atom stereocenters. The Balaban J connectivity index is 2.21. The molecular weight excluding hydrogens is 260 g/mol. The van der Waals surface area contributed by atoms with Crippen LogP contribution in [0.5, 0.6) is 5.75 Å². The van der Waals surface area contributed by atoms with Crippen molar-refractivity contribution in [3.05, 3.63) is 59.7 Å². The molecule has 112 valence electrons. The number of rotatable bonds is 7. The smallest absolute Gasteiger partial charge is 0.123 e. The maximum absolute atomic E-state index is 5.68. The molecule has 0 bridgehead atoms. The Hall–Kier alpha value is -2.00. The van der Waals surface area contributed by atoms with E-state index in [1.165, 1.54) is 16.8 Å². The maximum Gasteiger partial charge on any atom is 0.123 e. The van der Waals surface area contributed by atoms with Crippen LogP contribution in [0.25, 0.3) is 0 Å². The Morgan fingerprint density at radius 1 is 1.05 bits per heavy atom. The summed E-state index contributed by atoms with van der Waals surface area (Å²) in [6, 6.07) is 16.8. The van der Waals surface area contributed by atoms with Crippen molar-refractivity contribution in [2.45, 2.75) is 19.9 Å². The van der Waals surface area contributed by atoms with Crippen LogP contribution in [0.2, 0.25) is 0 Å². The fourth-order valence-corrected chi connectivity index (χ4v) is 2.38. The highest BCUT2D eigenvalue weighted by molar-refractivity contribution is 5.49. The van der Waals surface area contributed by atoms with Crippen molar-refractivity contribution in [2.24, 2.45) is 5.73 Å². The third-order valence-corrected chi connectivity index (χ3v) is 3.59. The second kappa shape index (κ2) is 7.70. The van der Waals surface area contributed by atoms with Gasteiger partial charge in [-0.05, 0) is 38.1 Å². The van der Waals surface area contributed by atoms with Crippen LogP contribution in [0.15, 0.2) is 48.5 Å². The molecule has 0 aliphatic heterocycles. The second-order valence-electron chi connectivity index (χ2n) is 5.21. The van der Waals surface area contributed by atoms with Crippen molar-refractivity contribution in [1.29, 1.82) is 0 Å². The first kappa shape index (κ1) is 15.4. The molecule has 0 heterocycles. The highest BCUT2D eigenvalue weighted by Gasteiger charge is 2.10. The molecule has 0 aliphatic rings. The summed E-state index contributed by atoms with van der Waals surface area (Å²) in [4.78, 5) is 2.35. The molecule has 0 atom stereocenters. The van der Waals surface area contributed by atoms with Crippen LogP contribution >= 0.6 is 0 Å². The van der Waals surface area contributed by atoms with E-state index < -0.39 is 0 Å². The highest BCUT2D eigenvalue weighted by atomic mass is 16.5. The summed E-state index contributed by atoms with van der Waals surface area (Å²) in [7, 11) is 1.72. The van der Waals surface area contributed by atoms with Gasteiger partial charge in [-0.15, -0.1) is 0 Å². The zero-order valence-corrected chi connectivity index (χ0v) is 12.9. The molecule has 0 amide bonds. The van der Waals surface area contributed by atoms with Crippen molar-refractivity contribution < 1.29 is 4.74 Å². The minimum Gasteiger partial charge on any atom is -0.496 e. The second-order valence-corrected chi connectivity index (χ2v) is 5.21. The largest absolute Gasteiger partial charge is 0.496 e. The van der Waals surface area contributed by atoms with Crippen molar-refractivity contribution in [3.63, 3.8) is 0 Å². The van der Waals surface area contributed by atoms with Crippen molar-refractivity contribution in [2.75, 3.05) is 25.1 Å². The number of benzene rings is 2. The molecule has 3 nitrogen and oxygen atoms in total.